The first-order chi connectivity index (χ1) is 5.79. The van der Waals surface area contributed by atoms with Crippen molar-refractivity contribution in [3.05, 3.63) is 17.7 Å². The van der Waals surface area contributed by atoms with Gasteiger partial charge in [0.25, 0.3) is 5.89 Å². The Hall–Kier alpha value is -1.65. The van der Waals surface area contributed by atoms with Crippen LogP contribution in [0.15, 0.2) is 15.3 Å². The van der Waals surface area contributed by atoms with Crippen molar-refractivity contribution >= 4 is 0 Å². The van der Waals surface area contributed by atoms with Crippen molar-refractivity contribution in [2.45, 2.75) is 13.8 Å². The lowest BCUT2D eigenvalue weighted by Crippen LogP contribution is -1.80. The van der Waals surface area contributed by atoms with E-state index in [0.29, 0.717) is 11.6 Å². The first kappa shape index (κ1) is 7.02. The predicted molar refractivity (Wildman–Crippen MR) is 39.3 cm³/mol. The second-order valence-corrected chi connectivity index (χ2v) is 2.46. The summed E-state index contributed by atoms with van der Waals surface area (Å²) >= 11 is 0. The molecule has 2 aromatic heterocycles. The molecular formula is C7H7N3O2. The van der Waals surface area contributed by atoms with Crippen molar-refractivity contribution in [3.8, 4) is 11.6 Å². The van der Waals surface area contributed by atoms with Crippen LogP contribution in [-0.2, 0) is 0 Å². The fourth-order valence-corrected chi connectivity index (χ4v) is 0.893. The molecule has 0 N–H and O–H groups in total. The summed E-state index contributed by atoms with van der Waals surface area (Å²) in [6.45, 7) is 3.73. The van der Waals surface area contributed by atoms with Crippen molar-refractivity contribution in [2.75, 3.05) is 0 Å². The van der Waals surface area contributed by atoms with Crippen LogP contribution in [0.1, 0.15) is 11.3 Å². The van der Waals surface area contributed by atoms with Gasteiger partial charge in [-0.25, -0.2) is 0 Å². The van der Waals surface area contributed by atoms with Crippen molar-refractivity contribution in [1.82, 2.24) is 15.4 Å². The number of nitrogens with zero attached hydrogens (tertiary/aromatic N) is 3. The highest BCUT2D eigenvalue weighted by Crippen LogP contribution is 2.21. The second-order valence-electron chi connectivity index (χ2n) is 2.46. The van der Waals surface area contributed by atoms with Gasteiger partial charge in [0.1, 0.15) is 5.76 Å². The molecular weight excluding hydrogens is 158 g/mol. The Balaban J connectivity index is 2.55. The van der Waals surface area contributed by atoms with Crippen molar-refractivity contribution in [2.24, 2.45) is 0 Å². The van der Waals surface area contributed by atoms with E-state index in [1.807, 2.05) is 13.8 Å². The molecule has 5 heteroatoms. The van der Waals surface area contributed by atoms with E-state index in [1.165, 1.54) is 6.39 Å². The Labute approximate surface area is 68.4 Å². The molecule has 0 aliphatic rings. The first-order valence-corrected chi connectivity index (χ1v) is 3.48. The van der Waals surface area contributed by atoms with Crippen molar-refractivity contribution in [1.29, 1.82) is 0 Å². The average molecular weight is 165 g/mol. The first-order valence-electron chi connectivity index (χ1n) is 3.48. The molecule has 0 aliphatic carbocycles. The van der Waals surface area contributed by atoms with Gasteiger partial charge in [-0.2, -0.15) is 0 Å². The topological polar surface area (TPSA) is 65.0 Å². The van der Waals surface area contributed by atoms with Crippen molar-refractivity contribution < 1.29 is 8.94 Å². The van der Waals surface area contributed by atoms with Crippen LogP contribution < -0.4 is 0 Å². The summed E-state index contributed by atoms with van der Waals surface area (Å²) in [5.74, 6) is 1.16. The molecule has 2 heterocycles. The highest BCUT2D eigenvalue weighted by Gasteiger charge is 2.14. The number of aryl methyl sites for hydroxylation is 1. The van der Waals surface area contributed by atoms with Crippen LogP contribution in [0, 0.1) is 13.8 Å². The molecule has 0 aliphatic heterocycles. The largest absolute Gasteiger partial charge is 0.422 e. The molecule has 12 heavy (non-hydrogen) atoms. The van der Waals surface area contributed by atoms with Crippen LogP contribution in [0.25, 0.3) is 11.6 Å². The zero-order valence-corrected chi connectivity index (χ0v) is 6.74. The zero-order valence-electron chi connectivity index (χ0n) is 6.74. The van der Waals surface area contributed by atoms with Gasteiger partial charge in [0.15, 0.2) is 5.69 Å². The molecule has 0 radical (unpaired) electrons. The van der Waals surface area contributed by atoms with Gasteiger partial charge in [-0.3, -0.25) is 0 Å². The van der Waals surface area contributed by atoms with Crippen LogP contribution in [-0.4, -0.2) is 15.4 Å². The van der Waals surface area contributed by atoms with Crippen LogP contribution in [0.3, 0.4) is 0 Å². The third-order valence-electron chi connectivity index (χ3n) is 1.72. The van der Waals surface area contributed by atoms with E-state index < -0.39 is 0 Å². The summed E-state index contributed by atoms with van der Waals surface area (Å²) in [5, 5.41) is 11.1. The highest BCUT2D eigenvalue weighted by atomic mass is 16.5. The SMILES string of the molecule is Cc1onc(-c2nnco2)c1C. The predicted octanol–water partition coefficient (Wildman–Crippen LogP) is 1.34. The highest BCUT2D eigenvalue weighted by molar-refractivity contribution is 5.51. The third-order valence-corrected chi connectivity index (χ3v) is 1.72. The average Bonchev–Trinajstić information content (AvgIpc) is 2.64. The monoisotopic (exact) mass is 165 g/mol. The molecule has 2 rings (SSSR count). The Morgan fingerprint density at radius 3 is 2.67 bits per heavy atom. The Morgan fingerprint density at radius 2 is 2.17 bits per heavy atom. The van der Waals surface area contributed by atoms with Gasteiger partial charge in [0, 0.05) is 5.56 Å². The molecule has 0 aromatic carbocycles. The molecule has 0 bridgehead atoms. The Bertz CT molecular complexity index is 377. The minimum atomic E-state index is 0.393. The molecule has 2 aromatic rings. The molecule has 0 atom stereocenters. The van der Waals surface area contributed by atoms with E-state index in [1.54, 1.807) is 0 Å². The maximum atomic E-state index is 4.97. The van der Waals surface area contributed by atoms with Gasteiger partial charge in [0.05, 0.1) is 0 Å². The molecule has 0 amide bonds. The Morgan fingerprint density at radius 1 is 1.33 bits per heavy atom. The maximum absolute atomic E-state index is 4.97. The van der Waals surface area contributed by atoms with Crippen molar-refractivity contribution in [3.63, 3.8) is 0 Å². The van der Waals surface area contributed by atoms with Crippen LogP contribution in [0.5, 0.6) is 0 Å². The number of hydrogen-bond donors (Lipinski definition) is 0. The van der Waals surface area contributed by atoms with Gasteiger partial charge < -0.3 is 8.94 Å². The Kier molecular flexibility index (Phi) is 1.43. The standard InChI is InChI=1S/C7H7N3O2/c1-4-5(2)12-10-6(4)7-9-8-3-11-7/h3H,1-2H3. The van der Waals surface area contributed by atoms with E-state index in [2.05, 4.69) is 15.4 Å². The summed E-state index contributed by atoms with van der Waals surface area (Å²) in [4.78, 5) is 0. The summed E-state index contributed by atoms with van der Waals surface area (Å²) in [6.07, 6.45) is 1.26. The number of rotatable bonds is 1. The normalized spacial score (nSPS) is 10.5. The van der Waals surface area contributed by atoms with Gasteiger partial charge in [-0.05, 0) is 13.8 Å². The number of aromatic nitrogens is 3. The molecule has 0 saturated heterocycles. The van der Waals surface area contributed by atoms with Crippen LogP contribution in [0.4, 0.5) is 0 Å². The van der Waals surface area contributed by atoms with Crippen LogP contribution >= 0.6 is 0 Å². The molecule has 0 saturated carbocycles. The fraction of sp³-hybridized carbons (Fsp3) is 0.286. The van der Waals surface area contributed by atoms with E-state index in [4.69, 9.17) is 8.94 Å². The smallest absolute Gasteiger partial charge is 0.269 e. The lowest BCUT2D eigenvalue weighted by atomic mass is 10.2. The van der Waals surface area contributed by atoms with E-state index in [-0.39, 0.29) is 0 Å². The minimum absolute atomic E-state index is 0.393. The molecule has 0 unspecified atom stereocenters. The molecule has 5 nitrogen and oxygen atoms in total. The van der Waals surface area contributed by atoms with E-state index in [0.717, 1.165) is 11.3 Å². The summed E-state index contributed by atoms with van der Waals surface area (Å²) in [5.41, 5.74) is 1.55. The van der Waals surface area contributed by atoms with Gasteiger partial charge in [0.2, 0.25) is 6.39 Å². The lowest BCUT2D eigenvalue weighted by molar-refractivity contribution is 0.396. The summed E-state index contributed by atoms with van der Waals surface area (Å²) in [6, 6.07) is 0. The zero-order chi connectivity index (χ0) is 8.55. The lowest BCUT2D eigenvalue weighted by Gasteiger charge is -1.86. The van der Waals surface area contributed by atoms with Gasteiger partial charge >= 0.3 is 0 Å². The van der Waals surface area contributed by atoms with Gasteiger partial charge in [-0.15, -0.1) is 10.2 Å². The van der Waals surface area contributed by atoms with E-state index >= 15 is 0 Å². The molecule has 62 valence electrons. The second kappa shape index (κ2) is 2.44. The third kappa shape index (κ3) is 0.903. The molecule has 0 spiro atoms. The van der Waals surface area contributed by atoms with Crippen LogP contribution in [0.2, 0.25) is 0 Å². The fourth-order valence-electron chi connectivity index (χ4n) is 0.893. The summed E-state index contributed by atoms with van der Waals surface area (Å²) in [7, 11) is 0. The number of hydrogen-bond acceptors (Lipinski definition) is 5. The summed E-state index contributed by atoms with van der Waals surface area (Å²) < 4.78 is 9.91. The molecule has 0 fully saturated rings. The minimum Gasteiger partial charge on any atom is -0.422 e. The quantitative estimate of drug-likeness (QED) is 0.637. The maximum Gasteiger partial charge on any atom is 0.269 e. The van der Waals surface area contributed by atoms with E-state index in [9.17, 15) is 0 Å². The van der Waals surface area contributed by atoms with Gasteiger partial charge in [-0.1, -0.05) is 5.16 Å².